The molecule has 1 fully saturated rings. The molecule has 2 unspecified atom stereocenters. The van der Waals surface area contributed by atoms with Crippen LogP contribution in [-0.2, 0) is 10.0 Å². The van der Waals surface area contributed by atoms with Gasteiger partial charge in [0, 0.05) is 12.1 Å². The molecule has 0 saturated heterocycles. The fourth-order valence-electron chi connectivity index (χ4n) is 1.43. The van der Waals surface area contributed by atoms with E-state index in [1.807, 2.05) is 0 Å². The number of rotatable bonds is 4. The zero-order valence-corrected chi connectivity index (χ0v) is 10.00. The van der Waals surface area contributed by atoms with Crippen molar-refractivity contribution in [3.63, 3.8) is 0 Å². The molecule has 0 bridgehead atoms. The molecular formula is C10H13FN2O3S. The molecule has 1 aromatic carbocycles. The number of nitrogens with two attached hydrogens (primary N) is 1. The van der Waals surface area contributed by atoms with Crippen LogP contribution in [0.3, 0.4) is 0 Å². The van der Waals surface area contributed by atoms with E-state index >= 15 is 0 Å². The Balaban J connectivity index is 2.24. The minimum absolute atomic E-state index is 0.00655. The molecule has 1 aliphatic rings. The lowest BCUT2D eigenvalue weighted by molar-refractivity contribution is 0.385. The van der Waals surface area contributed by atoms with E-state index in [-0.39, 0.29) is 22.7 Å². The van der Waals surface area contributed by atoms with E-state index in [1.165, 1.54) is 19.2 Å². The highest BCUT2D eigenvalue weighted by atomic mass is 32.2. The molecule has 17 heavy (non-hydrogen) atoms. The molecule has 94 valence electrons. The van der Waals surface area contributed by atoms with Crippen LogP contribution in [0.4, 0.5) is 4.39 Å². The van der Waals surface area contributed by atoms with Crippen LogP contribution < -0.4 is 15.2 Å². The second-order valence-electron chi connectivity index (χ2n) is 3.92. The highest BCUT2D eigenvalue weighted by molar-refractivity contribution is 7.89. The van der Waals surface area contributed by atoms with Gasteiger partial charge >= 0.3 is 0 Å². The number of sulfonamides is 1. The van der Waals surface area contributed by atoms with Crippen LogP contribution in [0.2, 0.25) is 0 Å². The van der Waals surface area contributed by atoms with Crippen molar-refractivity contribution in [1.29, 1.82) is 0 Å². The quantitative estimate of drug-likeness (QED) is 0.811. The summed E-state index contributed by atoms with van der Waals surface area (Å²) in [6.07, 6.45) is 0.609. The van der Waals surface area contributed by atoms with E-state index in [4.69, 9.17) is 10.5 Å². The Morgan fingerprint density at radius 1 is 1.53 bits per heavy atom. The van der Waals surface area contributed by atoms with Crippen molar-refractivity contribution in [2.45, 2.75) is 23.4 Å². The van der Waals surface area contributed by atoms with Gasteiger partial charge in [0.15, 0.2) is 11.6 Å². The standard InChI is InChI=1S/C10H13FN2O3S/c1-16-10-3-2-6(4-7(10)11)17(14,15)13-9-5-8(9)12/h2-4,8-9,13H,5,12H2,1H3. The van der Waals surface area contributed by atoms with Gasteiger partial charge in [0.05, 0.1) is 12.0 Å². The Morgan fingerprint density at radius 2 is 2.18 bits per heavy atom. The van der Waals surface area contributed by atoms with Gasteiger partial charge in [-0.05, 0) is 24.6 Å². The average Bonchev–Trinajstić information content (AvgIpc) is 2.93. The van der Waals surface area contributed by atoms with Crippen molar-refractivity contribution in [3.05, 3.63) is 24.0 Å². The fraction of sp³-hybridized carbons (Fsp3) is 0.400. The Morgan fingerprint density at radius 3 is 2.65 bits per heavy atom. The lowest BCUT2D eigenvalue weighted by Gasteiger charge is -2.07. The first-order chi connectivity index (χ1) is 7.94. The summed E-state index contributed by atoms with van der Waals surface area (Å²) in [5.74, 6) is -0.706. The van der Waals surface area contributed by atoms with Gasteiger partial charge in [-0.1, -0.05) is 0 Å². The van der Waals surface area contributed by atoms with Crippen molar-refractivity contribution < 1.29 is 17.5 Å². The molecule has 2 rings (SSSR count). The van der Waals surface area contributed by atoms with Gasteiger partial charge in [-0.15, -0.1) is 0 Å². The molecule has 1 aliphatic carbocycles. The molecule has 0 amide bonds. The van der Waals surface area contributed by atoms with Crippen LogP contribution in [0.1, 0.15) is 6.42 Å². The monoisotopic (exact) mass is 260 g/mol. The number of benzene rings is 1. The van der Waals surface area contributed by atoms with Crippen LogP contribution in [0, 0.1) is 5.82 Å². The van der Waals surface area contributed by atoms with Crippen molar-refractivity contribution in [3.8, 4) is 5.75 Å². The number of nitrogens with one attached hydrogen (secondary N) is 1. The summed E-state index contributed by atoms with van der Waals surface area (Å²) in [6, 6.07) is 3.10. The summed E-state index contributed by atoms with van der Waals surface area (Å²) in [7, 11) is -2.39. The molecule has 0 radical (unpaired) electrons. The average molecular weight is 260 g/mol. The van der Waals surface area contributed by atoms with Crippen molar-refractivity contribution >= 4 is 10.0 Å². The van der Waals surface area contributed by atoms with Crippen molar-refractivity contribution in [2.75, 3.05) is 7.11 Å². The molecule has 1 aromatic rings. The molecule has 0 aliphatic heterocycles. The van der Waals surface area contributed by atoms with Crippen LogP contribution in [-0.4, -0.2) is 27.6 Å². The number of hydrogen-bond acceptors (Lipinski definition) is 4. The van der Waals surface area contributed by atoms with Crippen LogP contribution in [0.25, 0.3) is 0 Å². The summed E-state index contributed by atoms with van der Waals surface area (Å²) in [6.45, 7) is 0. The molecule has 0 spiro atoms. The molecule has 0 heterocycles. The summed E-state index contributed by atoms with van der Waals surface area (Å²) < 4.78 is 44.1. The lowest BCUT2D eigenvalue weighted by Crippen LogP contribution is -2.29. The number of halogens is 1. The van der Waals surface area contributed by atoms with Crippen LogP contribution in [0.15, 0.2) is 23.1 Å². The summed E-state index contributed by atoms with van der Waals surface area (Å²) in [4.78, 5) is -0.130. The third-order valence-corrected chi connectivity index (χ3v) is 4.07. The second-order valence-corrected chi connectivity index (χ2v) is 5.64. The van der Waals surface area contributed by atoms with E-state index in [1.54, 1.807) is 0 Å². The lowest BCUT2D eigenvalue weighted by atomic mass is 10.3. The van der Waals surface area contributed by atoms with Gasteiger partial charge in [-0.25, -0.2) is 17.5 Å². The van der Waals surface area contributed by atoms with Gasteiger partial charge < -0.3 is 10.5 Å². The highest BCUT2D eigenvalue weighted by Crippen LogP contribution is 2.24. The number of hydrogen-bond donors (Lipinski definition) is 2. The summed E-state index contributed by atoms with van der Waals surface area (Å²) in [5, 5.41) is 0. The highest BCUT2D eigenvalue weighted by Gasteiger charge is 2.37. The van der Waals surface area contributed by atoms with E-state index in [9.17, 15) is 12.8 Å². The maximum absolute atomic E-state index is 13.4. The van der Waals surface area contributed by atoms with Gasteiger partial charge in [0.25, 0.3) is 0 Å². The fourth-order valence-corrected chi connectivity index (χ4v) is 2.74. The van der Waals surface area contributed by atoms with E-state index < -0.39 is 15.8 Å². The maximum atomic E-state index is 13.4. The minimum Gasteiger partial charge on any atom is -0.494 e. The zero-order valence-electron chi connectivity index (χ0n) is 9.18. The van der Waals surface area contributed by atoms with Gasteiger partial charge in [0.2, 0.25) is 10.0 Å². The Hall–Kier alpha value is -1.18. The Labute approximate surface area is 98.8 Å². The predicted molar refractivity (Wildman–Crippen MR) is 59.7 cm³/mol. The van der Waals surface area contributed by atoms with Crippen LogP contribution >= 0.6 is 0 Å². The third kappa shape index (κ3) is 2.56. The molecular weight excluding hydrogens is 247 g/mol. The van der Waals surface area contributed by atoms with Crippen molar-refractivity contribution in [2.24, 2.45) is 5.73 Å². The Kier molecular flexibility index (Phi) is 3.07. The molecule has 0 aromatic heterocycles. The smallest absolute Gasteiger partial charge is 0.240 e. The first kappa shape index (κ1) is 12.3. The minimum atomic E-state index is -3.70. The molecule has 1 saturated carbocycles. The topological polar surface area (TPSA) is 81.4 Å². The first-order valence-corrected chi connectivity index (χ1v) is 6.54. The normalized spacial score (nSPS) is 23.5. The van der Waals surface area contributed by atoms with E-state index in [0.717, 1.165) is 6.07 Å². The van der Waals surface area contributed by atoms with Gasteiger partial charge in [-0.3, -0.25) is 0 Å². The summed E-state index contributed by atoms with van der Waals surface area (Å²) in [5.41, 5.74) is 5.51. The second kappa shape index (κ2) is 4.25. The van der Waals surface area contributed by atoms with E-state index in [0.29, 0.717) is 6.42 Å². The van der Waals surface area contributed by atoms with Crippen molar-refractivity contribution in [1.82, 2.24) is 4.72 Å². The summed E-state index contributed by atoms with van der Waals surface area (Å²) >= 11 is 0. The SMILES string of the molecule is COc1ccc(S(=O)(=O)NC2CC2N)cc1F. The van der Waals surface area contributed by atoms with Gasteiger partial charge in [0.1, 0.15) is 0 Å². The zero-order chi connectivity index (χ0) is 12.6. The van der Waals surface area contributed by atoms with Gasteiger partial charge in [-0.2, -0.15) is 0 Å². The third-order valence-electron chi connectivity index (χ3n) is 2.58. The molecule has 3 N–H and O–H groups in total. The van der Waals surface area contributed by atoms with E-state index in [2.05, 4.69) is 4.72 Å². The molecule has 2 atom stereocenters. The predicted octanol–water partition coefficient (Wildman–Crippen LogP) is 0.212. The number of methoxy groups -OCH3 is 1. The largest absolute Gasteiger partial charge is 0.494 e. The van der Waals surface area contributed by atoms with Crippen LogP contribution in [0.5, 0.6) is 5.75 Å². The molecule has 5 nitrogen and oxygen atoms in total. The number of ether oxygens (including phenoxy) is 1. The molecule has 7 heteroatoms. The maximum Gasteiger partial charge on any atom is 0.240 e. The first-order valence-electron chi connectivity index (χ1n) is 5.05. The Bertz CT molecular complexity index is 532.